The Kier molecular flexibility index (Phi) is 4.96. The Labute approximate surface area is 103 Å². The first-order valence-corrected chi connectivity index (χ1v) is 6.48. The van der Waals surface area contributed by atoms with Crippen LogP contribution in [0.4, 0.5) is 5.69 Å². The molecule has 0 spiro atoms. The van der Waals surface area contributed by atoms with Gasteiger partial charge in [0.25, 0.3) is 0 Å². The number of para-hydroxylation sites is 1. The van der Waals surface area contributed by atoms with Gasteiger partial charge in [0.15, 0.2) is 0 Å². The first-order valence-electron chi connectivity index (χ1n) is 4.89. The van der Waals surface area contributed by atoms with Gasteiger partial charge in [-0.2, -0.15) is 0 Å². The molecule has 78 valence electrons. The van der Waals surface area contributed by atoms with Crippen LogP contribution >= 0.6 is 31.9 Å². The van der Waals surface area contributed by atoms with E-state index in [1.165, 1.54) is 0 Å². The molecule has 0 atom stereocenters. The molecule has 1 aromatic rings. The maximum absolute atomic E-state index is 3.54. The molecule has 0 bridgehead atoms. The second kappa shape index (κ2) is 5.76. The molecular weight excluding hydrogens is 306 g/mol. The zero-order chi connectivity index (χ0) is 10.6. The summed E-state index contributed by atoms with van der Waals surface area (Å²) < 4.78 is 2.22. The van der Waals surface area contributed by atoms with Crippen LogP contribution in [0.5, 0.6) is 0 Å². The number of nitrogens with one attached hydrogen (secondary N) is 1. The van der Waals surface area contributed by atoms with E-state index < -0.39 is 0 Å². The van der Waals surface area contributed by atoms with Crippen LogP contribution in [-0.4, -0.2) is 6.04 Å². The molecule has 0 amide bonds. The Bertz CT molecular complexity index is 275. The van der Waals surface area contributed by atoms with E-state index in [1.54, 1.807) is 0 Å². The van der Waals surface area contributed by atoms with E-state index in [9.17, 15) is 0 Å². The number of halogens is 2. The fourth-order valence-corrected chi connectivity index (χ4v) is 2.56. The smallest absolute Gasteiger partial charge is 0.0631 e. The lowest BCUT2D eigenvalue weighted by Crippen LogP contribution is -2.17. The van der Waals surface area contributed by atoms with Crippen molar-refractivity contribution in [1.82, 2.24) is 0 Å². The van der Waals surface area contributed by atoms with Gasteiger partial charge in [0.05, 0.1) is 5.69 Å². The monoisotopic (exact) mass is 319 g/mol. The highest BCUT2D eigenvalue weighted by Crippen LogP contribution is 2.31. The van der Waals surface area contributed by atoms with E-state index in [-0.39, 0.29) is 0 Å². The molecule has 0 aromatic heterocycles. The third-order valence-corrected chi connectivity index (χ3v) is 3.62. The molecule has 0 radical (unpaired) electrons. The topological polar surface area (TPSA) is 12.0 Å². The lowest BCUT2D eigenvalue weighted by atomic mass is 10.1. The molecule has 0 aliphatic carbocycles. The first kappa shape index (κ1) is 12.1. The largest absolute Gasteiger partial charge is 0.381 e. The Hall–Kier alpha value is -0.0200. The molecular formula is C11H15Br2N. The van der Waals surface area contributed by atoms with Gasteiger partial charge in [0.2, 0.25) is 0 Å². The molecule has 0 aliphatic rings. The Morgan fingerprint density at radius 3 is 2.07 bits per heavy atom. The van der Waals surface area contributed by atoms with E-state index in [0.717, 1.165) is 27.5 Å². The molecule has 1 aromatic carbocycles. The fourth-order valence-electron chi connectivity index (χ4n) is 1.33. The van der Waals surface area contributed by atoms with Crippen LogP contribution in [0.1, 0.15) is 26.7 Å². The molecule has 0 fully saturated rings. The van der Waals surface area contributed by atoms with Crippen LogP contribution in [0.15, 0.2) is 27.1 Å². The van der Waals surface area contributed by atoms with Crippen molar-refractivity contribution in [1.29, 1.82) is 0 Å². The van der Waals surface area contributed by atoms with Gasteiger partial charge >= 0.3 is 0 Å². The van der Waals surface area contributed by atoms with Gasteiger partial charge in [-0.15, -0.1) is 0 Å². The Morgan fingerprint density at radius 1 is 1.14 bits per heavy atom. The standard InChI is InChI=1S/C11H15Br2N/c1-3-8(4-2)14-11-9(12)6-5-7-10(11)13/h5-8,14H,3-4H2,1-2H3. The number of rotatable bonds is 4. The number of hydrogen-bond donors (Lipinski definition) is 1. The molecule has 3 heteroatoms. The molecule has 0 aliphatic heterocycles. The predicted octanol–water partition coefficient (Wildman–Crippen LogP) is 4.81. The molecule has 14 heavy (non-hydrogen) atoms. The molecule has 1 rings (SSSR count). The van der Waals surface area contributed by atoms with Crippen LogP contribution in [0, 0.1) is 0 Å². The molecule has 0 saturated carbocycles. The van der Waals surface area contributed by atoms with E-state index in [4.69, 9.17) is 0 Å². The highest BCUT2D eigenvalue weighted by Gasteiger charge is 2.08. The highest BCUT2D eigenvalue weighted by atomic mass is 79.9. The summed E-state index contributed by atoms with van der Waals surface area (Å²) in [5.41, 5.74) is 1.15. The predicted molar refractivity (Wildman–Crippen MR) is 69.8 cm³/mol. The SMILES string of the molecule is CCC(CC)Nc1c(Br)cccc1Br. The summed E-state index contributed by atoms with van der Waals surface area (Å²) >= 11 is 7.08. The zero-order valence-electron chi connectivity index (χ0n) is 8.48. The average Bonchev–Trinajstić information content (AvgIpc) is 2.18. The van der Waals surface area contributed by atoms with E-state index in [0.29, 0.717) is 6.04 Å². The fraction of sp³-hybridized carbons (Fsp3) is 0.455. The third-order valence-electron chi connectivity index (χ3n) is 2.30. The van der Waals surface area contributed by atoms with Crippen molar-refractivity contribution in [2.75, 3.05) is 5.32 Å². The Balaban J connectivity index is 2.84. The van der Waals surface area contributed by atoms with E-state index in [2.05, 4.69) is 63.2 Å². The molecule has 1 nitrogen and oxygen atoms in total. The van der Waals surface area contributed by atoms with Crippen molar-refractivity contribution in [3.05, 3.63) is 27.1 Å². The van der Waals surface area contributed by atoms with Crippen LogP contribution < -0.4 is 5.32 Å². The zero-order valence-corrected chi connectivity index (χ0v) is 11.7. The second-order valence-electron chi connectivity index (χ2n) is 3.25. The maximum Gasteiger partial charge on any atom is 0.0631 e. The Morgan fingerprint density at radius 2 is 1.64 bits per heavy atom. The van der Waals surface area contributed by atoms with Gasteiger partial charge in [0, 0.05) is 15.0 Å². The normalized spacial score (nSPS) is 10.6. The average molecular weight is 321 g/mol. The summed E-state index contributed by atoms with van der Waals surface area (Å²) in [5, 5.41) is 3.52. The quantitative estimate of drug-likeness (QED) is 0.839. The van der Waals surface area contributed by atoms with E-state index >= 15 is 0 Å². The highest BCUT2D eigenvalue weighted by molar-refractivity contribution is 9.11. The van der Waals surface area contributed by atoms with Crippen molar-refractivity contribution in [3.63, 3.8) is 0 Å². The second-order valence-corrected chi connectivity index (χ2v) is 4.96. The van der Waals surface area contributed by atoms with Crippen LogP contribution in [0.3, 0.4) is 0 Å². The van der Waals surface area contributed by atoms with Crippen molar-refractivity contribution < 1.29 is 0 Å². The van der Waals surface area contributed by atoms with Crippen LogP contribution in [-0.2, 0) is 0 Å². The van der Waals surface area contributed by atoms with Crippen molar-refractivity contribution in [2.45, 2.75) is 32.7 Å². The van der Waals surface area contributed by atoms with Gasteiger partial charge in [-0.25, -0.2) is 0 Å². The first-order chi connectivity index (χ1) is 6.69. The number of hydrogen-bond acceptors (Lipinski definition) is 1. The van der Waals surface area contributed by atoms with Crippen molar-refractivity contribution in [3.8, 4) is 0 Å². The summed E-state index contributed by atoms with van der Waals surface area (Å²) in [5.74, 6) is 0. The minimum absolute atomic E-state index is 0.546. The minimum atomic E-state index is 0.546. The van der Waals surface area contributed by atoms with Crippen LogP contribution in [0.25, 0.3) is 0 Å². The molecule has 0 saturated heterocycles. The summed E-state index contributed by atoms with van der Waals surface area (Å²) in [6.45, 7) is 4.40. The van der Waals surface area contributed by atoms with Gasteiger partial charge in [0.1, 0.15) is 0 Å². The van der Waals surface area contributed by atoms with Crippen molar-refractivity contribution in [2.24, 2.45) is 0 Å². The number of benzene rings is 1. The third kappa shape index (κ3) is 2.99. The van der Waals surface area contributed by atoms with Gasteiger partial charge in [-0.1, -0.05) is 19.9 Å². The summed E-state index contributed by atoms with van der Waals surface area (Å²) in [6.07, 6.45) is 2.29. The molecule has 0 unspecified atom stereocenters. The maximum atomic E-state index is 3.54. The van der Waals surface area contributed by atoms with Gasteiger partial charge < -0.3 is 5.32 Å². The summed E-state index contributed by atoms with van der Waals surface area (Å²) in [6, 6.07) is 6.67. The minimum Gasteiger partial charge on any atom is -0.381 e. The van der Waals surface area contributed by atoms with E-state index in [1.807, 2.05) is 6.07 Å². The lowest BCUT2D eigenvalue weighted by molar-refractivity contribution is 0.671. The number of anilines is 1. The summed E-state index contributed by atoms with van der Waals surface area (Å²) in [7, 11) is 0. The lowest BCUT2D eigenvalue weighted by Gasteiger charge is -2.18. The van der Waals surface area contributed by atoms with Crippen LogP contribution in [0.2, 0.25) is 0 Å². The summed E-state index contributed by atoms with van der Waals surface area (Å²) in [4.78, 5) is 0. The molecule has 1 N–H and O–H groups in total. The van der Waals surface area contributed by atoms with Crippen molar-refractivity contribution >= 4 is 37.5 Å². The van der Waals surface area contributed by atoms with Gasteiger partial charge in [-0.3, -0.25) is 0 Å². The van der Waals surface area contributed by atoms with Gasteiger partial charge in [-0.05, 0) is 56.8 Å². The molecule has 0 heterocycles.